The van der Waals surface area contributed by atoms with Gasteiger partial charge in [-0.1, -0.05) is 0 Å². The van der Waals surface area contributed by atoms with E-state index in [-0.39, 0.29) is 11.9 Å². The molecule has 0 aliphatic carbocycles. The van der Waals surface area contributed by atoms with Gasteiger partial charge in [0.15, 0.2) is 5.82 Å². The van der Waals surface area contributed by atoms with Crippen molar-refractivity contribution in [3.05, 3.63) is 48.3 Å². The first-order valence-electron chi connectivity index (χ1n) is 7.35. The Morgan fingerprint density at radius 2 is 2.09 bits per heavy atom. The van der Waals surface area contributed by atoms with E-state index in [1.807, 2.05) is 17.0 Å². The van der Waals surface area contributed by atoms with Gasteiger partial charge in [0, 0.05) is 38.6 Å². The second kappa shape index (κ2) is 7.10. The molecular formula is C15H17FN6O. The van der Waals surface area contributed by atoms with Crippen LogP contribution in [-0.2, 0) is 11.3 Å². The number of halogens is 1. The molecule has 1 atom stereocenters. The minimum absolute atomic E-state index is 0.0892. The topological polar surface area (TPSA) is 83.0 Å². The van der Waals surface area contributed by atoms with Gasteiger partial charge in [-0.2, -0.15) is 0 Å². The Labute approximate surface area is 133 Å². The van der Waals surface area contributed by atoms with E-state index < -0.39 is 5.82 Å². The molecule has 0 unspecified atom stereocenters. The number of carbonyl (C=O) groups excluding carboxylic acids is 1. The Bertz CT molecular complexity index is 651. The van der Waals surface area contributed by atoms with Gasteiger partial charge in [-0.15, -0.1) is 0 Å². The molecule has 120 valence electrons. The predicted octanol–water partition coefficient (Wildman–Crippen LogP) is 0.105. The van der Waals surface area contributed by atoms with Crippen molar-refractivity contribution >= 4 is 11.9 Å². The normalized spacial score (nSPS) is 17.8. The Hall–Kier alpha value is -2.61. The van der Waals surface area contributed by atoms with Gasteiger partial charge < -0.3 is 15.5 Å². The van der Waals surface area contributed by atoms with Crippen LogP contribution in [0.1, 0.15) is 5.56 Å². The van der Waals surface area contributed by atoms with Crippen LogP contribution in [0.5, 0.6) is 0 Å². The van der Waals surface area contributed by atoms with Crippen molar-refractivity contribution in [2.24, 2.45) is 0 Å². The minimum atomic E-state index is -0.476. The third-order valence-corrected chi connectivity index (χ3v) is 3.60. The Morgan fingerprint density at radius 1 is 1.35 bits per heavy atom. The summed E-state index contributed by atoms with van der Waals surface area (Å²) in [5.41, 5.74) is 0.989. The standard InChI is InChI=1S/C15H17FN6O/c16-12-8-20-15(21-9-12)22-6-5-18-13(10-22)14(23)19-7-11-1-3-17-4-2-11/h1-4,8-9,13,18H,5-7,10H2,(H,19,23)/t13-/m0/s1. The molecule has 1 saturated heterocycles. The highest BCUT2D eigenvalue weighted by molar-refractivity contribution is 5.82. The molecule has 0 aromatic carbocycles. The maximum absolute atomic E-state index is 12.9. The lowest BCUT2D eigenvalue weighted by atomic mass is 10.2. The summed E-state index contributed by atoms with van der Waals surface area (Å²) in [6.45, 7) is 2.19. The lowest BCUT2D eigenvalue weighted by Gasteiger charge is -2.32. The van der Waals surface area contributed by atoms with Gasteiger partial charge in [0.1, 0.15) is 6.04 Å². The molecule has 0 bridgehead atoms. The summed E-state index contributed by atoms with van der Waals surface area (Å²) in [5, 5.41) is 6.06. The number of pyridine rings is 1. The summed E-state index contributed by atoms with van der Waals surface area (Å²) in [5.74, 6) is -0.135. The maximum Gasteiger partial charge on any atom is 0.239 e. The number of amides is 1. The number of hydrogen-bond acceptors (Lipinski definition) is 6. The SMILES string of the molecule is O=C(NCc1ccncc1)[C@@H]1CN(c2ncc(F)cn2)CCN1. The van der Waals surface area contributed by atoms with Crippen LogP contribution >= 0.6 is 0 Å². The van der Waals surface area contributed by atoms with Crippen molar-refractivity contribution in [1.82, 2.24) is 25.6 Å². The van der Waals surface area contributed by atoms with E-state index in [2.05, 4.69) is 25.6 Å². The molecule has 0 radical (unpaired) electrons. The van der Waals surface area contributed by atoms with Crippen molar-refractivity contribution in [2.75, 3.05) is 24.5 Å². The zero-order chi connectivity index (χ0) is 16.1. The molecule has 0 spiro atoms. The number of aromatic nitrogens is 3. The monoisotopic (exact) mass is 316 g/mol. The van der Waals surface area contributed by atoms with Gasteiger partial charge >= 0.3 is 0 Å². The number of nitrogens with one attached hydrogen (secondary N) is 2. The fraction of sp³-hybridized carbons (Fsp3) is 0.333. The molecular weight excluding hydrogens is 299 g/mol. The number of hydrogen-bond donors (Lipinski definition) is 2. The maximum atomic E-state index is 12.9. The van der Waals surface area contributed by atoms with Crippen molar-refractivity contribution < 1.29 is 9.18 Å². The van der Waals surface area contributed by atoms with E-state index >= 15 is 0 Å². The largest absolute Gasteiger partial charge is 0.351 e. The van der Waals surface area contributed by atoms with E-state index in [9.17, 15) is 9.18 Å². The second-order valence-corrected chi connectivity index (χ2v) is 5.23. The van der Waals surface area contributed by atoms with Gasteiger partial charge in [-0.3, -0.25) is 9.78 Å². The molecule has 2 aromatic heterocycles. The summed E-state index contributed by atoms with van der Waals surface area (Å²) in [6, 6.07) is 3.35. The van der Waals surface area contributed by atoms with Crippen LogP contribution in [0.25, 0.3) is 0 Å². The van der Waals surface area contributed by atoms with E-state index in [4.69, 9.17) is 0 Å². The van der Waals surface area contributed by atoms with E-state index in [0.29, 0.717) is 32.1 Å². The zero-order valence-corrected chi connectivity index (χ0v) is 12.4. The molecule has 3 heterocycles. The van der Waals surface area contributed by atoms with Crippen molar-refractivity contribution in [3.63, 3.8) is 0 Å². The molecule has 1 aliphatic heterocycles. The van der Waals surface area contributed by atoms with Crippen LogP contribution in [-0.4, -0.2) is 46.5 Å². The van der Waals surface area contributed by atoms with E-state index in [0.717, 1.165) is 18.0 Å². The molecule has 1 fully saturated rings. The number of rotatable bonds is 4. The smallest absolute Gasteiger partial charge is 0.239 e. The van der Waals surface area contributed by atoms with Gasteiger partial charge in [-0.25, -0.2) is 14.4 Å². The van der Waals surface area contributed by atoms with Crippen LogP contribution in [0, 0.1) is 5.82 Å². The molecule has 2 N–H and O–H groups in total. The lowest BCUT2D eigenvalue weighted by Crippen LogP contribution is -2.57. The number of nitrogens with zero attached hydrogens (tertiary/aromatic N) is 4. The van der Waals surface area contributed by atoms with Gasteiger partial charge in [-0.05, 0) is 17.7 Å². The highest BCUT2D eigenvalue weighted by Crippen LogP contribution is 2.10. The average molecular weight is 316 g/mol. The summed E-state index contributed by atoms with van der Waals surface area (Å²) >= 11 is 0. The molecule has 3 rings (SSSR count). The van der Waals surface area contributed by atoms with E-state index in [1.54, 1.807) is 12.4 Å². The number of anilines is 1. The van der Waals surface area contributed by atoms with Gasteiger partial charge in [0.05, 0.1) is 12.4 Å². The van der Waals surface area contributed by atoms with E-state index in [1.165, 1.54) is 0 Å². The Balaban J connectivity index is 1.57. The van der Waals surface area contributed by atoms with Crippen LogP contribution in [0.2, 0.25) is 0 Å². The molecule has 1 aliphatic rings. The van der Waals surface area contributed by atoms with Gasteiger partial charge in [0.2, 0.25) is 11.9 Å². The molecule has 8 heteroatoms. The Kier molecular flexibility index (Phi) is 4.72. The molecule has 7 nitrogen and oxygen atoms in total. The highest BCUT2D eigenvalue weighted by atomic mass is 19.1. The lowest BCUT2D eigenvalue weighted by molar-refractivity contribution is -0.123. The third-order valence-electron chi connectivity index (χ3n) is 3.60. The number of piperazine rings is 1. The Morgan fingerprint density at radius 3 is 2.83 bits per heavy atom. The second-order valence-electron chi connectivity index (χ2n) is 5.23. The van der Waals surface area contributed by atoms with Crippen molar-refractivity contribution in [2.45, 2.75) is 12.6 Å². The summed E-state index contributed by atoms with van der Waals surface area (Å²) < 4.78 is 12.9. The van der Waals surface area contributed by atoms with Crippen LogP contribution < -0.4 is 15.5 Å². The average Bonchev–Trinajstić information content (AvgIpc) is 2.61. The molecule has 0 saturated carbocycles. The minimum Gasteiger partial charge on any atom is -0.351 e. The first-order chi connectivity index (χ1) is 11.2. The predicted molar refractivity (Wildman–Crippen MR) is 82.1 cm³/mol. The van der Waals surface area contributed by atoms with Crippen LogP contribution in [0.3, 0.4) is 0 Å². The van der Waals surface area contributed by atoms with Crippen LogP contribution in [0.15, 0.2) is 36.9 Å². The quantitative estimate of drug-likeness (QED) is 0.833. The molecule has 23 heavy (non-hydrogen) atoms. The number of carbonyl (C=O) groups is 1. The molecule has 1 amide bonds. The summed E-state index contributed by atoms with van der Waals surface area (Å²) in [7, 11) is 0. The first kappa shape index (κ1) is 15.3. The first-order valence-corrected chi connectivity index (χ1v) is 7.35. The van der Waals surface area contributed by atoms with Gasteiger partial charge in [0.25, 0.3) is 0 Å². The highest BCUT2D eigenvalue weighted by Gasteiger charge is 2.26. The summed E-state index contributed by atoms with van der Waals surface area (Å²) in [6.07, 6.45) is 5.63. The van der Waals surface area contributed by atoms with Crippen molar-refractivity contribution in [1.29, 1.82) is 0 Å². The van der Waals surface area contributed by atoms with Crippen molar-refractivity contribution in [3.8, 4) is 0 Å². The molecule has 2 aromatic rings. The third kappa shape index (κ3) is 3.98. The zero-order valence-electron chi connectivity index (χ0n) is 12.4. The summed E-state index contributed by atoms with van der Waals surface area (Å²) in [4.78, 5) is 26.0. The fourth-order valence-electron chi connectivity index (χ4n) is 2.39. The van der Waals surface area contributed by atoms with Crippen LogP contribution in [0.4, 0.5) is 10.3 Å². The fourth-order valence-corrected chi connectivity index (χ4v) is 2.39.